The number of hydrogen-bond donors (Lipinski definition) is 0. The number of fused-ring (bicyclic) bond motifs is 1. The van der Waals surface area contributed by atoms with E-state index in [9.17, 15) is 20.2 Å². The van der Waals surface area contributed by atoms with Gasteiger partial charge in [-0.2, -0.15) is 0 Å². The normalized spacial score (nSPS) is 9.94. The SMILES string of the molecule is O=[N+]([O-])c1ccc(C#Cc2ccc(C#Cc3ccc([N+](=O)[O-])cc3)c3n[se]nc23)cc1. The Morgan fingerprint density at radius 1 is 0.613 bits per heavy atom. The number of benzene rings is 3. The van der Waals surface area contributed by atoms with E-state index in [-0.39, 0.29) is 26.3 Å². The van der Waals surface area contributed by atoms with E-state index in [0.29, 0.717) is 33.3 Å². The van der Waals surface area contributed by atoms with Crippen molar-refractivity contribution in [3.05, 3.63) is 103 Å². The molecule has 0 fully saturated rings. The van der Waals surface area contributed by atoms with Crippen molar-refractivity contribution >= 4 is 37.4 Å². The molecule has 8 nitrogen and oxygen atoms in total. The molecule has 4 rings (SSSR count). The third-order valence-corrected chi connectivity index (χ3v) is 5.36. The third-order valence-electron chi connectivity index (χ3n) is 4.25. The van der Waals surface area contributed by atoms with Gasteiger partial charge in [-0.05, 0) is 0 Å². The molecule has 31 heavy (non-hydrogen) atoms. The van der Waals surface area contributed by atoms with Crippen LogP contribution < -0.4 is 0 Å². The Labute approximate surface area is 182 Å². The van der Waals surface area contributed by atoms with Crippen LogP contribution >= 0.6 is 0 Å². The molecular weight excluding hydrogens is 463 g/mol. The van der Waals surface area contributed by atoms with Crippen LogP contribution in [0.5, 0.6) is 0 Å². The van der Waals surface area contributed by atoms with Gasteiger partial charge in [0.25, 0.3) is 0 Å². The van der Waals surface area contributed by atoms with Crippen LogP contribution in [0.2, 0.25) is 0 Å². The Balaban J connectivity index is 1.63. The topological polar surface area (TPSA) is 112 Å². The summed E-state index contributed by atoms with van der Waals surface area (Å²) in [6.07, 6.45) is 0. The van der Waals surface area contributed by atoms with Gasteiger partial charge in [-0.3, -0.25) is 0 Å². The van der Waals surface area contributed by atoms with Crippen molar-refractivity contribution in [2.24, 2.45) is 0 Å². The first-order chi connectivity index (χ1) is 15.0. The number of rotatable bonds is 2. The molecule has 0 unspecified atom stereocenters. The summed E-state index contributed by atoms with van der Waals surface area (Å²) in [6, 6.07) is 15.7. The maximum absolute atomic E-state index is 10.7. The molecule has 0 radical (unpaired) electrons. The summed E-state index contributed by atoms with van der Waals surface area (Å²) in [5.74, 6) is 12.1. The molecule has 0 aliphatic rings. The van der Waals surface area contributed by atoms with Crippen molar-refractivity contribution in [2.45, 2.75) is 0 Å². The molecule has 1 aromatic heterocycles. The molecule has 0 saturated heterocycles. The molecule has 9 heteroatoms. The zero-order chi connectivity index (χ0) is 21.8. The molecular formula is C22H10N4O4Se. The Morgan fingerprint density at radius 3 is 1.35 bits per heavy atom. The zero-order valence-corrected chi connectivity index (χ0v) is 17.3. The van der Waals surface area contributed by atoms with Crippen LogP contribution in [0.25, 0.3) is 11.0 Å². The van der Waals surface area contributed by atoms with Gasteiger partial charge in [0.15, 0.2) is 0 Å². The number of hydrogen-bond acceptors (Lipinski definition) is 6. The zero-order valence-electron chi connectivity index (χ0n) is 15.6. The molecule has 0 aliphatic heterocycles. The summed E-state index contributed by atoms with van der Waals surface area (Å²) in [4.78, 5) is 20.6. The summed E-state index contributed by atoms with van der Waals surface area (Å²) in [5, 5.41) is 21.5. The molecule has 0 aliphatic carbocycles. The van der Waals surface area contributed by atoms with Crippen molar-refractivity contribution in [3.8, 4) is 23.7 Å². The fourth-order valence-electron chi connectivity index (χ4n) is 2.68. The molecule has 0 bridgehead atoms. The first-order valence-corrected chi connectivity index (χ1v) is 10.3. The molecule has 1 heterocycles. The Morgan fingerprint density at radius 2 is 1.00 bits per heavy atom. The standard InChI is InChI=1S/C22H10N4O4Se/c27-25(28)19-11-3-15(4-12-19)1-7-17-9-10-18(22-21(17)23-31-24-22)8-2-16-5-13-20(14-6-16)26(29)30/h3-6,9-14H. The Kier molecular flexibility index (Phi) is 5.55. The van der Waals surface area contributed by atoms with E-state index in [2.05, 4.69) is 31.6 Å². The molecule has 0 amide bonds. The second-order valence-electron chi connectivity index (χ2n) is 6.23. The molecule has 0 N–H and O–H groups in total. The van der Waals surface area contributed by atoms with Crippen LogP contribution in [0.15, 0.2) is 60.7 Å². The fraction of sp³-hybridized carbons (Fsp3) is 0. The van der Waals surface area contributed by atoms with E-state index in [1.165, 1.54) is 24.3 Å². The van der Waals surface area contributed by atoms with Gasteiger partial charge >= 0.3 is 182 Å². The summed E-state index contributed by atoms with van der Waals surface area (Å²) in [6.45, 7) is 0. The van der Waals surface area contributed by atoms with Crippen LogP contribution in [-0.2, 0) is 0 Å². The molecule has 0 atom stereocenters. The summed E-state index contributed by atoms with van der Waals surface area (Å²) in [5.41, 5.74) is 4.12. The fourth-order valence-corrected chi connectivity index (χ4v) is 3.88. The van der Waals surface area contributed by atoms with Crippen LogP contribution in [0.3, 0.4) is 0 Å². The molecule has 148 valence electrons. The van der Waals surface area contributed by atoms with E-state index in [4.69, 9.17) is 0 Å². The first kappa shape index (κ1) is 20.0. The van der Waals surface area contributed by atoms with Gasteiger partial charge in [-0.1, -0.05) is 0 Å². The number of nitro benzene ring substituents is 2. The van der Waals surface area contributed by atoms with Crippen molar-refractivity contribution in [2.75, 3.05) is 0 Å². The van der Waals surface area contributed by atoms with E-state index in [1.54, 1.807) is 24.3 Å². The van der Waals surface area contributed by atoms with E-state index < -0.39 is 9.85 Å². The van der Waals surface area contributed by atoms with Crippen LogP contribution in [0, 0.1) is 43.9 Å². The summed E-state index contributed by atoms with van der Waals surface area (Å²) < 4.78 is 8.91. The Hall–Kier alpha value is -4.30. The maximum atomic E-state index is 10.7. The van der Waals surface area contributed by atoms with Crippen LogP contribution in [0.1, 0.15) is 22.3 Å². The van der Waals surface area contributed by atoms with Gasteiger partial charge in [0.05, 0.1) is 0 Å². The minimum atomic E-state index is -0.455. The van der Waals surface area contributed by atoms with E-state index in [1.807, 2.05) is 12.1 Å². The van der Waals surface area contributed by atoms with Crippen LogP contribution in [-0.4, -0.2) is 32.8 Å². The van der Waals surface area contributed by atoms with Crippen molar-refractivity contribution < 1.29 is 9.85 Å². The van der Waals surface area contributed by atoms with Gasteiger partial charge in [-0.15, -0.1) is 0 Å². The monoisotopic (exact) mass is 474 g/mol. The number of nitrogens with zero attached hydrogens (tertiary/aromatic N) is 4. The predicted molar refractivity (Wildman–Crippen MR) is 115 cm³/mol. The summed E-state index contributed by atoms with van der Waals surface area (Å²) in [7, 11) is 0. The number of nitro groups is 2. The van der Waals surface area contributed by atoms with E-state index in [0.717, 1.165) is 0 Å². The van der Waals surface area contributed by atoms with Gasteiger partial charge in [0.1, 0.15) is 0 Å². The summed E-state index contributed by atoms with van der Waals surface area (Å²) >= 11 is -0.280. The van der Waals surface area contributed by atoms with Gasteiger partial charge < -0.3 is 0 Å². The first-order valence-electron chi connectivity index (χ1n) is 8.79. The third kappa shape index (κ3) is 4.49. The quantitative estimate of drug-likeness (QED) is 0.191. The second-order valence-corrected chi connectivity index (χ2v) is 7.34. The average molecular weight is 473 g/mol. The van der Waals surface area contributed by atoms with Crippen molar-refractivity contribution in [1.82, 2.24) is 7.96 Å². The van der Waals surface area contributed by atoms with Gasteiger partial charge in [0.2, 0.25) is 0 Å². The molecule has 0 spiro atoms. The minimum absolute atomic E-state index is 0.0129. The molecule has 0 saturated carbocycles. The predicted octanol–water partition coefficient (Wildman–Crippen LogP) is 3.30. The van der Waals surface area contributed by atoms with Crippen molar-refractivity contribution in [1.29, 1.82) is 0 Å². The molecule has 3 aromatic carbocycles. The molecule has 4 aromatic rings. The number of non-ortho nitro benzene ring substituents is 2. The Bertz CT molecular complexity index is 1330. The van der Waals surface area contributed by atoms with Gasteiger partial charge in [-0.25, -0.2) is 0 Å². The van der Waals surface area contributed by atoms with Crippen molar-refractivity contribution in [3.63, 3.8) is 0 Å². The van der Waals surface area contributed by atoms with E-state index >= 15 is 0 Å². The number of aromatic nitrogens is 2. The average Bonchev–Trinajstić information content (AvgIpc) is 3.27. The second kappa shape index (κ2) is 8.60. The van der Waals surface area contributed by atoms with Crippen LogP contribution in [0.4, 0.5) is 11.4 Å². The van der Waals surface area contributed by atoms with Gasteiger partial charge in [0, 0.05) is 0 Å².